The number of rotatable bonds is 6. The minimum absolute atomic E-state index is 0.0456. The monoisotopic (exact) mass is 297 g/mol. The molecule has 4 nitrogen and oxygen atoms in total. The summed E-state index contributed by atoms with van der Waals surface area (Å²) in [6, 6.07) is 12.9. The summed E-state index contributed by atoms with van der Waals surface area (Å²) in [4.78, 5) is 16.3. The number of hydrogen-bond donors (Lipinski definition) is 0. The van der Waals surface area contributed by atoms with E-state index in [9.17, 15) is 4.79 Å². The number of methoxy groups -OCH3 is 2. The van der Waals surface area contributed by atoms with Crippen molar-refractivity contribution in [2.75, 3.05) is 14.2 Å². The van der Waals surface area contributed by atoms with E-state index in [2.05, 4.69) is 4.99 Å². The van der Waals surface area contributed by atoms with Gasteiger partial charge in [0.05, 0.1) is 19.9 Å². The Kier molecular flexibility index (Phi) is 5.31. The molecule has 0 heterocycles. The number of aliphatic imine (C=N–C) groups is 1. The van der Waals surface area contributed by atoms with Gasteiger partial charge in [0.1, 0.15) is 0 Å². The highest BCUT2D eigenvalue weighted by molar-refractivity contribution is 6.03. The molecule has 0 unspecified atom stereocenters. The number of hydrogen-bond acceptors (Lipinski definition) is 4. The average molecular weight is 297 g/mol. The predicted molar refractivity (Wildman–Crippen MR) is 87.8 cm³/mol. The lowest BCUT2D eigenvalue weighted by Crippen LogP contribution is -1.99. The minimum Gasteiger partial charge on any atom is -0.493 e. The maximum absolute atomic E-state index is 12.0. The van der Waals surface area contributed by atoms with Crippen LogP contribution in [0.25, 0.3) is 0 Å². The fraction of sp³-hybridized carbons (Fsp3) is 0.222. The zero-order chi connectivity index (χ0) is 15.9. The molecule has 0 N–H and O–H groups in total. The molecule has 2 aromatic rings. The molecular formula is C18H19NO3. The third-order valence-electron chi connectivity index (χ3n) is 3.26. The lowest BCUT2D eigenvalue weighted by molar-refractivity contribution is 0.100. The van der Waals surface area contributed by atoms with Gasteiger partial charge in [-0.3, -0.25) is 9.79 Å². The van der Waals surface area contributed by atoms with Gasteiger partial charge in [-0.05, 0) is 19.1 Å². The SMILES string of the molecule is COc1ccc(N=CCC(=O)c2ccc(C)cc2)cc1OC. The second-order valence-corrected chi connectivity index (χ2v) is 4.84. The summed E-state index contributed by atoms with van der Waals surface area (Å²) >= 11 is 0. The molecule has 0 atom stereocenters. The topological polar surface area (TPSA) is 47.9 Å². The number of ketones is 1. The highest BCUT2D eigenvalue weighted by Gasteiger charge is 2.05. The quantitative estimate of drug-likeness (QED) is 0.598. The van der Waals surface area contributed by atoms with Crippen LogP contribution in [0, 0.1) is 6.92 Å². The van der Waals surface area contributed by atoms with Crippen molar-refractivity contribution < 1.29 is 14.3 Å². The van der Waals surface area contributed by atoms with Crippen LogP contribution < -0.4 is 9.47 Å². The fourth-order valence-electron chi connectivity index (χ4n) is 2.00. The Bertz CT molecular complexity index is 675. The Morgan fingerprint density at radius 1 is 1.05 bits per heavy atom. The van der Waals surface area contributed by atoms with Gasteiger partial charge >= 0.3 is 0 Å². The largest absolute Gasteiger partial charge is 0.493 e. The van der Waals surface area contributed by atoms with E-state index in [1.54, 1.807) is 32.6 Å². The van der Waals surface area contributed by atoms with E-state index < -0.39 is 0 Å². The second-order valence-electron chi connectivity index (χ2n) is 4.84. The van der Waals surface area contributed by atoms with Crippen LogP contribution in [0.3, 0.4) is 0 Å². The molecule has 0 fully saturated rings. The van der Waals surface area contributed by atoms with Crippen LogP contribution in [-0.2, 0) is 0 Å². The van der Waals surface area contributed by atoms with Crippen molar-refractivity contribution in [2.24, 2.45) is 4.99 Å². The van der Waals surface area contributed by atoms with Gasteiger partial charge in [0.25, 0.3) is 0 Å². The summed E-state index contributed by atoms with van der Waals surface area (Å²) in [5.41, 5.74) is 2.55. The van der Waals surface area contributed by atoms with E-state index >= 15 is 0 Å². The van der Waals surface area contributed by atoms with Crippen molar-refractivity contribution in [2.45, 2.75) is 13.3 Å². The molecule has 0 aliphatic heterocycles. The van der Waals surface area contributed by atoms with Crippen LogP contribution in [-0.4, -0.2) is 26.2 Å². The fourth-order valence-corrected chi connectivity index (χ4v) is 2.00. The van der Waals surface area contributed by atoms with Crippen molar-refractivity contribution in [3.05, 3.63) is 53.6 Å². The smallest absolute Gasteiger partial charge is 0.168 e. The first-order chi connectivity index (χ1) is 10.6. The zero-order valence-electron chi connectivity index (χ0n) is 13.0. The average Bonchev–Trinajstić information content (AvgIpc) is 2.55. The standard InChI is InChI=1S/C18H19NO3/c1-13-4-6-14(7-5-13)16(20)10-11-19-15-8-9-17(21-2)18(12-15)22-3/h4-9,11-12H,10H2,1-3H3. The number of Topliss-reactive ketones (excluding diaryl/α,β-unsaturated/α-hetero) is 1. The van der Waals surface area contributed by atoms with Crippen LogP contribution in [0.4, 0.5) is 5.69 Å². The van der Waals surface area contributed by atoms with E-state index in [0.717, 1.165) is 5.56 Å². The number of benzene rings is 2. The maximum Gasteiger partial charge on any atom is 0.168 e. The maximum atomic E-state index is 12.0. The highest BCUT2D eigenvalue weighted by Crippen LogP contribution is 2.30. The zero-order valence-corrected chi connectivity index (χ0v) is 13.0. The first-order valence-corrected chi connectivity index (χ1v) is 6.98. The number of carbonyl (C=O) groups is 1. The molecule has 0 aliphatic carbocycles. The van der Waals surface area contributed by atoms with Gasteiger partial charge in [0.2, 0.25) is 0 Å². The Balaban J connectivity index is 2.03. The summed E-state index contributed by atoms with van der Waals surface area (Å²) in [5.74, 6) is 1.31. The van der Waals surface area contributed by atoms with E-state index in [1.807, 2.05) is 37.3 Å². The van der Waals surface area contributed by atoms with Crippen molar-refractivity contribution in [3.8, 4) is 11.5 Å². The first kappa shape index (κ1) is 15.8. The lowest BCUT2D eigenvalue weighted by atomic mass is 10.1. The number of carbonyl (C=O) groups excluding carboxylic acids is 1. The summed E-state index contributed by atoms with van der Waals surface area (Å²) in [7, 11) is 3.16. The van der Waals surface area contributed by atoms with Gasteiger partial charge in [-0.1, -0.05) is 29.8 Å². The Labute approximate surface area is 130 Å². The summed E-state index contributed by atoms with van der Waals surface area (Å²) in [6.07, 6.45) is 1.88. The molecule has 0 aromatic heterocycles. The third-order valence-corrected chi connectivity index (χ3v) is 3.26. The molecule has 0 amide bonds. The lowest BCUT2D eigenvalue weighted by Gasteiger charge is -2.07. The van der Waals surface area contributed by atoms with E-state index in [-0.39, 0.29) is 12.2 Å². The molecule has 2 rings (SSSR count). The van der Waals surface area contributed by atoms with E-state index in [1.165, 1.54) is 0 Å². The normalized spacial score (nSPS) is 10.7. The second kappa shape index (κ2) is 7.41. The highest BCUT2D eigenvalue weighted by atomic mass is 16.5. The molecule has 0 saturated heterocycles. The van der Waals surface area contributed by atoms with Crippen molar-refractivity contribution in [1.82, 2.24) is 0 Å². The van der Waals surface area contributed by atoms with Gasteiger partial charge in [-0.15, -0.1) is 0 Å². The molecular weight excluding hydrogens is 278 g/mol. The molecule has 0 radical (unpaired) electrons. The molecule has 0 bridgehead atoms. The Morgan fingerprint density at radius 2 is 1.73 bits per heavy atom. The minimum atomic E-state index is 0.0456. The Hall–Kier alpha value is -2.62. The molecule has 0 aliphatic rings. The van der Waals surface area contributed by atoms with Crippen molar-refractivity contribution >= 4 is 17.7 Å². The molecule has 114 valence electrons. The number of nitrogens with zero attached hydrogens (tertiary/aromatic N) is 1. The van der Waals surface area contributed by atoms with Gasteiger partial charge in [0, 0.05) is 24.3 Å². The Morgan fingerprint density at radius 3 is 2.36 bits per heavy atom. The number of aryl methyl sites for hydroxylation is 1. The van der Waals surface area contributed by atoms with Gasteiger partial charge in [-0.2, -0.15) is 0 Å². The predicted octanol–water partition coefficient (Wildman–Crippen LogP) is 3.99. The number of ether oxygens (including phenoxy) is 2. The van der Waals surface area contributed by atoms with Crippen LogP contribution in [0.1, 0.15) is 22.3 Å². The first-order valence-electron chi connectivity index (χ1n) is 6.98. The van der Waals surface area contributed by atoms with Gasteiger partial charge in [0.15, 0.2) is 17.3 Å². The van der Waals surface area contributed by atoms with E-state index in [0.29, 0.717) is 22.7 Å². The molecule has 22 heavy (non-hydrogen) atoms. The summed E-state index contributed by atoms with van der Waals surface area (Å²) < 4.78 is 10.4. The van der Waals surface area contributed by atoms with E-state index in [4.69, 9.17) is 9.47 Å². The van der Waals surface area contributed by atoms with Crippen molar-refractivity contribution in [3.63, 3.8) is 0 Å². The summed E-state index contributed by atoms with van der Waals surface area (Å²) in [6.45, 7) is 1.99. The van der Waals surface area contributed by atoms with Crippen LogP contribution in [0.5, 0.6) is 11.5 Å². The summed E-state index contributed by atoms with van der Waals surface area (Å²) in [5, 5.41) is 0. The van der Waals surface area contributed by atoms with Gasteiger partial charge < -0.3 is 9.47 Å². The molecule has 2 aromatic carbocycles. The van der Waals surface area contributed by atoms with Crippen LogP contribution in [0.2, 0.25) is 0 Å². The van der Waals surface area contributed by atoms with Crippen molar-refractivity contribution in [1.29, 1.82) is 0 Å². The molecule has 0 spiro atoms. The molecule has 4 heteroatoms. The molecule has 0 saturated carbocycles. The van der Waals surface area contributed by atoms with Crippen LogP contribution >= 0.6 is 0 Å². The van der Waals surface area contributed by atoms with Gasteiger partial charge in [-0.25, -0.2) is 0 Å². The third kappa shape index (κ3) is 3.95. The van der Waals surface area contributed by atoms with Crippen LogP contribution in [0.15, 0.2) is 47.5 Å².